The smallest absolute Gasteiger partial charge is 0.407 e. The Bertz CT molecular complexity index is 302. The van der Waals surface area contributed by atoms with E-state index in [1.165, 1.54) is 0 Å². The SMILES string of the molecule is CC(=O)CC1(CNC(=O)OC(C)(C)C)COC1. The lowest BCUT2D eigenvalue weighted by atomic mass is 9.81. The molecule has 5 heteroatoms. The zero-order valence-electron chi connectivity index (χ0n) is 11.0. The average Bonchev–Trinajstić information content (AvgIpc) is 2.05. The Morgan fingerprint density at radius 3 is 2.29 bits per heavy atom. The minimum absolute atomic E-state index is 0.110. The van der Waals surface area contributed by atoms with Gasteiger partial charge in [-0.3, -0.25) is 0 Å². The van der Waals surface area contributed by atoms with Crippen molar-refractivity contribution in [1.29, 1.82) is 0 Å². The van der Waals surface area contributed by atoms with Crippen LogP contribution in [0.5, 0.6) is 0 Å². The number of alkyl carbamates (subject to hydrolysis) is 1. The summed E-state index contributed by atoms with van der Waals surface area (Å²) in [6.45, 7) is 8.43. The summed E-state index contributed by atoms with van der Waals surface area (Å²) in [5, 5.41) is 2.69. The predicted octanol–water partition coefficient (Wildman–Crippen LogP) is 1.51. The van der Waals surface area contributed by atoms with Gasteiger partial charge in [-0.15, -0.1) is 0 Å². The highest BCUT2D eigenvalue weighted by Gasteiger charge is 2.40. The van der Waals surface area contributed by atoms with Gasteiger partial charge in [-0.25, -0.2) is 4.79 Å². The molecule has 1 rings (SSSR count). The number of Topliss-reactive ketones (excluding diaryl/α,β-unsaturated/α-hetero) is 1. The quantitative estimate of drug-likeness (QED) is 0.812. The second-order valence-electron chi connectivity index (χ2n) is 5.73. The molecule has 1 amide bonds. The monoisotopic (exact) mass is 243 g/mol. The van der Waals surface area contributed by atoms with Crippen molar-refractivity contribution in [2.24, 2.45) is 5.41 Å². The summed E-state index contributed by atoms with van der Waals surface area (Å²) >= 11 is 0. The van der Waals surface area contributed by atoms with E-state index in [0.717, 1.165) is 0 Å². The zero-order valence-corrected chi connectivity index (χ0v) is 11.0. The van der Waals surface area contributed by atoms with Crippen molar-refractivity contribution in [3.8, 4) is 0 Å². The van der Waals surface area contributed by atoms with Gasteiger partial charge in [0.1, 0.15) is 11.4 Å². The van der Waals surface area contributed by atoms with Gasteiger partial charge in [0.2, 0.25) is 0 Å². The molecule has 0 saturated carbocycles. The summed E-state index contributed by atoms with van der Waals surface area (Å²) in [6, 6.07) is 0. The molecule has 1 N–H and O–H groups in total. The van der Waals surface area contributed by atoms with Gasteiger partial charge in [0.05, 0.1) is 13.2 Å². The minimum atomic E-state index is -0.506. The van der Waals surface area contributed by atoms with Gasteiger partial charge in [-0.05, 0) is 27.7 Å². The Morgan fingerprint density at radius 2 is 1.94 bits per heavy atom. The van der Waals surface area contributed by atoms with Crippen LogP contribution in [0.2, 0.25) is 0 Å². The maximum atomic E-state index is 11.5. The van der Waals surface area contributed by atoms with Gasteiger partial charge in [-0.2, -0.15) is 0 Å². The van der Waals surface area contributed by atoms with Gasteiger partial charge in [0.25, 0.3) is 0 Å². The summed E-state index contributed by atoms with van der Waals surface area (Å²) in [5.41, 5.74) is -0.739. The molecule has 0 aromatic carbocycles. The minimum Gasteiger partial charge on any atom is -0.444 e. The highest BCUT2D eigenvalue weighted by atomic mass is 16.6. The summed E-state index contributed by atoms with van der Waals surface area (Å²) in [4.78, 5) is 22.6. The van der Waals surface area contributed by atoms with Gasteiger partial charge in [-0.1, -0.05) is 0 Å². The molecule has 1 aliphatic rings. The normalized spacial score (nSPS) is 18.1. The van der Waals surface area contributed by atoms with E-state index in [9.17, 15) is 9.59 Å². The van der Waals surface area contributed by atoms with Crippen molar-refractivity contribution >= 4 is 11.9 Å². The van der Waals surface area contributed by atoms with Gasteiger partial charge in [0, 0.05) is 18.4 Å². The summed E-state index contributed by atoms with van der Waals surface area (Å²) < 4.78 is 10.3. The molecule has 5 nitrogen and oxygen atoms in total. The van der Waals surface area contributed by atoms with Crippen LogP contribution in [0.4, 0.5) is 4.79 Å². The van der Waals surface area contributed by atoms with E-state index in [4.69, 9.17) is 9.47 Å². The molecular weight excluding hydrogens is 222 g/mol. The van der Waals surface area contributed by atoms with Crippen molar-refractivity contribution in [1.82, 2.24) is 5.32 Å². The Morgan fingerprint density at radius 1 is 1.35 bits per heavy atom. The van der Waals surface area contributed by atoms with E-state index in [-0.39, 0.29) is 11.2 Å². The summed E-state index contributed by atoms with van der Waals surface area (Å²) in [7, 11) is 0. The predicted molar refractivity (Wildman–Crippen MR) is 62.8 cm³/mol. The Balaban J connectivity index is 2.38. The molecule has 0 unspecified atom stereocenters. The molecule has 0 bridgehead atoms. The largest absolute Gasteiger partial charge is 0.444 e. The molecule has 0 spiro atoms. The first kappa shape index (κ1) is 14.0. The Hall–Kier alpha value is -1.10. The molecule has 1 fully saturated rings. The van der Waals surface area contributed by atoms with Gasteiger partial charge in [0.15, 0.2) is 0 Å². The first-order valence-electron chi connectivity index (χ1n) is 5.77. The first-order valence-corrected chi connectivity index (χ1v) is 5.77. The van der Waals surface area contributed by atoms with Crippen LogP contribution >= 0.6 is 0 Å². The van der Waals surface area contributed by atoms with Crippen LogP contribution in [0.1, 0.15) is 34.1 Å². The van der Waals surface area contributed by atoms with E-state index in [2.05, 4.69) is 5.32 Å². The molecule has 0 aromatic heterocycles. The van der Waals surface area contributed by atoms with Crippen molar-refractivity contribution < 1.29 is 19.1 Å². The van der Waals surface area contributed by atoms with Crippen LogP contribution in [0.15, 0.2) is 0 Å². The molecule has 1 saturated heterocycles. The van der Waals surface area contributed by atoms with E-state index >= 15 is 0 Å². The molecule has 17 heavy (non-hydrogen) atoms. The van der Waals surface area contributed by atoms with Crippen LogP contribution in [0, 0.1) is 5.41 Å². The number of hydrogen-bond acceptors (Lipinski definition) is 4. The Kier molecular flexibility index (Phi) is 4.14. The molecule has 0 atom stereocenters. The van der Waals surface area contributed by atoms with E-state index < -0.39 is 11.7 Å². The van der Waals surface area contributed by atoms with Crippen molar-refractivity contribution in [3.05, 3.63) is 0 Å². The lowest BCUT2D eigenvalue weighted by Gasteiger charge is -2.40. The summed E-state index contributed by atoms with van der Waals surface area (Å²) in [6.07, 6.45) is -0.0182. The average molecular weight is 243 g/mol. The van der Waals surface area contributed by atoms with E-state index in [0.29, 0.717) is 26.2 Å². The second kappa shape index (κ2) is 5.04. The fourth-order valence-corrected chi connectivity index (χ4v) is 1.76. The third-order valence-electron chi connectivity index (χ3n) is 2.45. The van der Waals surface area contributed by atoms with Crippen LogP contribution in [-0.2, 0) is 14.3 Å². The molecule has 1 heterocycles. The standard InChI is InChI=1S/C12H21NO4/c1-9(14)5-12(7-16-8-12)6-13-10(15)17-11(2,3)4/h5-8H2,1-4H3,(H,13,15). The van der Waals surface area contributed by atoms with Crippen LogP contribution in [0.25, 0.3) is 0 Å². The topological polar surface area (TPSA) is 64.6 Å². The molecule has 0 radical (unpaired) electrons. The second-order valence-corrected chi connectivity index (χ2v) is 5.73. The number of ketones is 1. The number of carbonyl (C=O) groups excluding carboxylic acids is 2. The number of carbonyl (C=O) groups is 2. The van der Waals surface area contributed by atoms with Crippen molar-refractivity contribution in [2.75, 3.05) is 19.8 Å². The molecule has 0 aromatic rings. The fraction of sp³-hybridized carbons (Fsp3) is 0.833. The molecular formula is C12H21NO4. The van der Waals surface area contributed by atoms with E-state index in [1.807, 2.05) is 20.8 Å². The number of nitrogens with one attached hydrogen (secondary N) is 1. The first-order chi connectivity index (χ1) is 7.72. The lowest BCUT2D eigenvalue weighted by Crippen LogP contribution is -2.52. The van der Waals surface area contributed by atoms with Gasteiger partial charge < -0.3 is 19.6 Å². The maximum absolute atomic E-state index is 11.5. The number of amides is 1. The third-order valence-corrected chi connectivity index (χ3v) is 2.45. The zero-order chi connectivity index (χ0) is 13.1. The van der Waals surface area contributed by atoms with E-state index in [1.54, 1.807) is 6.92 Å². The number of ether oxygens (including phenoxy) is 2. The molecule has 0 aliphatic carbocycles. The van der Waals surface area contributed by atoms with Crippen LogP contribution in [0.3, 0.4) is 0 Å². The highest BCUT2D eigenvalue weighted by molar-refractivity contribution is 5.76. The number of rotatable bonds is 4. The molecule has 1 aliphatic heterocycles. The van der Waals surface area contributed by atoms with Crippen LogP contribution in [-0.4, -0.2) is 37.2 Å². The third kappa shape index (κ3) is 4.73. The fourth-order valence-electron chi connectivity index (χ4n) is 1.76. The van der Waals surface area contributed by atoms with Crippen molar-refractivity contribution in [2.45, 2.75) is 39.7 Å². The molecule has 98 valence electrons. The number of hydrogen-bond donors (Lipinski definition) is 1. The lowest BCUT2D eigenvalue weighted by molar-refractivity contribution is -0.138. The highest BCUT2D eigenvalue weighted by Crippen LogP contribution is 2.30. The Labute approximate surface area is 102 Å². The van der Waals surface area contributed by atoms with Crippen molar-refractivity contribution in [3.63, 3.8) is 0 Å². The summed E-state index contributed by atoms with van der Waals surface area (Å²) in [5.74, 6) is 0.110. The van der Waals surface area contributed by atoms with Gasteiger partial charge >= 0.3 is 6.09 Å². The van der Waals surface area contributed by atoms with Crippen LogP contribution < -0.4 is 5.32 Å². The maximum Gasteiger partial charge on any atom is 0.407 e.